The highest BCUT2D eigenvalue weighted by molar-refractivity contribution is 6.11. The van der Waals surface area contributed by atoms with E-state index in [1.807, 2.05) is 48.5 Å². The summed E-state index contributed by atoms with van der Waals surface area (Å²) in [4.78, 5) is 0. The highest BCUT2D eigenvalue weighted by atomic mass is 15.0. The molecule has 0 amide bonds. The second kappa shape index (κ2) is 10.9. The summed E-state index contributed by atoms with van der Waals surface area (Å²) < 4.78 is 4.64. The van der Waals surface area contributed by atoms with E-state index in [9.17, 15) is 10.5 Å². The van der Waals surface area contributed by atoms with Gasteiger partial charge < -0.3 is 9.13 Å². The molecule has 0 saturated carbocycles. The van der Waals surface area contributed by atoms with Crippen molar-refractivity contribution in [2.75, 3.05) is 0 Å². The van der Waals surface area contributed by atoms with Gasteiger partial charge in [0.15, 0.2) is 0 Å². The lowest BCUT2D eigenvalue weighted by Gasteiger charge is -2.17. The molecule has 4 nitrogen and oxygen atoms in total. The van der Waals surface area contributed by atoms with E-state index in [2.05, 4.69) is 130 Å². The maximum Gasteiger partial charge on any atom is 0.0998 e. The van der Waals surface area contributed by atoms with Gasteiger partial charge >= 0.3 is 0 Å². The van der Waals surface area contributed by atoms with E-state index in [1.54, 1.807) is 0 Å². The summed E-state index contributed by atoms with van der Waals surface area (Å²) in [5.41, 5.74) is 11.7. The Balaban J connectivity index is 1.35. The van der Waals surface area contributed by atoms with Crippen LogP contribution in [0.2, 0.25) is 0 Å². The minimum Gasteiger partial charge on any atom is -0.309 e. The molecule has 0 aliphatic heterocycles. The van der Waals surface area contributed by atoms with Gasteiger partial charge in [-0.25, -0.2) is 0 Å². The summed E-state index contributed by atoms with van der Waals surface area (Å²) in [5, 5.41) is 24.3. The number of nitrogens with zero attached hydrogens (tertiary/aromatic N) is 4. The fraction of sp³-hybridized carbons (Fsp3) is 0. The topological polar surface area (TPSA) is 57.4 Å². The molecule has 9 aromatic rings. The van der Waals surface area contributed by atoms with E-state index in [1.165, 1.54) is 10.8 Å². The van der Waals surface area contributed by atoms with Gasteiger partial charge in [0.25, 0.3) is 0 Å². The van der Waals surface area contributed by atoms with Crippen molar-refractivity contribution >= 4 is 43.6 Å². The molecular weight excluding hydrogens is 585 g/mol. The number of fused-ring (bicyclic) bond motifs is 6. The molecule has 0 unspecified atom stereocenters. The van der Waals surface area contributed by atoms with Gasteiger partial charge in [-0.15, -0.1) is 0 Å². The molecule has 0 radical (unpaired) electrons. The Morgan fingerprint density at radius 3 is 1.71 bits per heavy atom. The summed E-state index contributed by atoms with van der Waals surface area (Å²) in [5.74, 6) is 0. The first-order valence-electron chi connectivity index (χ1n) is 15.9. The highest BCUT2D eigenvalue weighted by Gasteiger charge is 2.19. The Labute approximate surface area is 277 Å². The third-order valence-corrected chi connectivity index (χ3v) is 9.39. The van der Waals surface area contributed by atoms with Crippen molar-refractivity contribution in [1.29, 1.82) is 10.5 Å². The van der Waals surface area contributed by atoms with Gasteiger partial charge in [0, 0.05) is 32.8 Å². The molecule has 0 spiro atoms. The van der Waals surface area contributed by atoms with Crippen molar-refractivity contribution in [1.82, 2.24) is 9.13 Å². The highest BCUT2D eigenvalue weighted by Crippen LogP contribution is 2.40. The molecule has 0 saturated heterocycles. The smallest absolute Gasteiger partial charge is 0.0998 e. The average Bonchev–Trinajstić information content (AvgIpc) is 3.67. The van der Waals surface area contributed by atoms with Crippen LogP contribution in [0.4, 0.5) is 0 Å². The van der Waals surface area contributed by atoms with Crippen molar-refractivity contribution in [3.05, 3.63) is 169 Å². The van der Waals surface area contributed by atoms with Gasteiger partial charge in [0.1, 0.15) is 0 Å². The quantitative estimate of drug-likeness (QED) is 0.199. The van der Waals surface area contributed by atoms with Gasteiger partial charge in [-0.1, -0.05) is 91.0 Å². The van der Waals surface area contributed by atoms with Crippen LogP contribution in [0.5, 0.6) is 0 Å². The fourth-order valence-electron chi connectivity index (χ4n) is 7.28. The van der Waals surface area contributed by atoms with Crippen molar-refractivity contribution in [2.45, 2.75) is 0 Å². The lowest BCUT2D eigenvalue weighted by atomic mass is 9.94. The molecule has 2 heterocycles. The van der Waals surface area contributed by atoms with Gasteiger partial charge in [-0.2, -0.15) is 10.5 Å². The number of benzene rings is 7. The lowest BCUT2D eigenvalue weighted by Crippen LogP contribution is -1.99. The van der Waals surface area contributed by atoms with Crippen LogP contribution in [0, 0.1) is 22.7 Å². The minimum atomic E-state index is 0.632. The molecule has 0 N–H and O–H groups in total. The van der Waals surface area contributed by atoms with E-state index in [4.69, 9.17) is 0 Å². The standard InChI is InChI=1S/C44H26N4/c45-27-29-20-22-44-39(24-29)37-16-5-8-19-42(37)48(44)43-23-21-31(34-13-2-1-10-32(34)28-46)26-38(43)30-11-9-12-33(25-30)47-40-17-6-3-14-35(40)36-15-4-7-18-41(36)47/h1-26H. The zero-order valence-electron chi connectivity index (χ0n) is 25.8. The number of hydrogen-bond donors (Lipinski definition) is 0. The summed E-state index contributed by atoms with van der Waals surface area (Å²) in [7, 11) is 0. The number of hydrogen-bond acceptors (Lipinski definition) is 2. The van der Waals surface area contributed by atoms with Gasteiger partial charge in [-0.05, 0) is 83.4 Å². The second-order valence-electron chi connectivity index (χ2n) is 12.0. The van der Waals surface area contributed by atoms with Crippen molar-refractivity contribution in [2.24, 2.45) is 0 Å². The number of rotatable bonds is 4. The largest absolute Gasteiger partial charge is 0.309 e. The van der Waals surface area contributed by atoms with Gasteiger partial charge in [0.2, 0.25) is 0 Å². The third-order valence-electron chi connectivity index (χ3n) is 9.39. The fourth-order valence-corrected chi connectivity index (χ4v) is 7.28. The van der Waals surface area contributed by atoms with Crippen LogP contribution in [0.25, 0.3) is 77.2 Å². The molecule has 222 valence electrons. The molecule has 0 aliphatic carbocycles. The molecular formula is C44H26N4. The van der Waals surface area contributed by atoms with Crippen LogP contribution in [-0.4, -0.2) is 9.13 Å². The van der Waals surface area contributed by atoms with Crippen LogP contribution in [0.15, 0.2) is 158 Å². The summed E-state index contributed by atoms with van der Waals surface area (Å²) in [6.45, 7) is 0. The lowest BCUT2D eigenvalue weighted by molar-refractivity contribution is 1.17. The van der Waals surface area contributed by atoms with Crippen LogP contribution in [-0.2, 0) is 0 Å². The number of nitriles is 2. The molecule has 48 heavy (non-hydrogen) atoms. The summed E-state index contributed by atoms with van der Waals surface area (Å²) in [6, 6.07) is 59.0. The maximum atomic E-state index is 9.99. The Kier molecular flexibility index (Phi) is 6.22. The normalized spacial score (nSPS) is 11.3. The van der Waals surface area contributed by atoms with Gasteiger partial charge in [-0.3, -0.25) is 0 Å². The molecule has 0 bridgehead atoms. The summed E-state index contributed by atoms with van der Waals surface area (Å²) in [6.07, 6.45) is 0. The Hall–Kier alpha value is -6.88. The number of aromatic nitrogens is 2. The van der Waals surface area contributed by atoms with Crippen molar-refractivity contribution < 1.29 is 0 Å². The zero-order chi connectivity index (χ0) is 32.2. The molecule has 4 heteroatoms. The van der Waals surface area contributed by atoms with E-state index < -0.39 is 0 Å². The van der Waals surface area contributed by atoms with Crippen LogP contribution < -0.4 is 0 Å². The van der Waals surface area contributed by atoms with Gasteiger partial charge in [0.05, 0.1) is 51.0 Å². The SMILES string of the molecule is N#Cc1ccc2c(c1)c1ccccc1n2-c1ccc(-c2ccccc2C#N)cc1-c1cccc(-n2c3ccccc3c3ccccc32)c1. The molecule has 7 aromatic carbocycles. The molecule has 0 fully saturated rings. The first kappa shape index (κ1) is 27.4. The monoisotopic (exact) mass is 610 g/mol. The maximum absolute atomic E-state index is 9.99. The molecule has 0 atom stereocenters. The summed E-state index contributed by atoms with van der Waals surface area (Å²) >= 11 is 0. The van der Waals surface area contributed by atoms with E-state index in [0.717, 1.165) is 66.5 Å². The second-order valence-corrected chi connectivity index (χ2v) is 12.0. The molecule has 9 rings (SSSR count). The van der Waals surface area contributed by atoms with Crippen LogP contribution in [0.1, 0.15) is 11.1 Å². The molecule has 0 aliphatic rings. The number of para-hydroxylation sites is 3. The first-order chi connectivity index (χ1) is 23.7. The van der Waals surface area contributed by atoms with Crippen LogP contribution >= 0.6 is 0 Å². The predicted molar refractivity (Wildman–Crippen MR) is 195 cm³/mol. The Bertz CT molecular complexity index is 2760. The zero-order valence-corrected chi connectivity index (χ0v) is 25.8. The van der Waals surface area contributed by atoms with Crippen molar-refractivity contribution in [3.63, 3.8) is 0 Å². The Morgan fingerprint density at radius 1 is 0.396 bits per heavy atom. The minimum absolute atomic E-state index is 0.632. The first-order valence-corrected chi connectivity index (χ1v) is 15.9. The van der Waals surface area contributed by atoms with E-state index in [0.29, 0.717) is 11.1 Å². The van der Waals surface area contributed by atoms with Crippen LogP contribution in [0.3, 0.4) is 0 Å². The average molecular weight is 611 g/mol. The molecule has 2 aromatic heterocycles. The third kappa shape index (κ3) is 4.14. The van der Waals surface area contributed by atoms with E-state index >= 15 is 0 Å². The van der Waals surface area contributed by atoms with E-state index in [-0.39, 0.29) is 0 Å². The Morgan fingerprint density at radius 2 is 1.00 bits per heavy atom. The van der Waals surface area contributed by atoms with Crippen molar-refractivity contribution in [3.8, 4) is 45.8 Å². The predicted octanol–water partition coefficient (Wildman–Crippen LogP) is 11.0.